The van der Waals surface area contributed by atoms with Crippen LogP contribution in [0.3, 0.4) is 0 Å². The molecule has 1 saturated heterocycles. The van der Waals surface area contributed by atoms with E-state index in [0.717, 1.165) is 0 Å². The van der Waals surface area contributed by atoms with Crippen LogP contribution in [0.2, 0.25) is 0 Å². The van der Waals surface area contributed by atoms with Crippen LogP contribution in [0, 0.1) is 0 Å². The van der Waals surface area contributed by atoms with Crippen LogP contribution < -0.4 is 9.64 Å². The molecule has 2 aromatic carbocycles. The number of esters is 1. The van der Waals surface area contributed by atoms with Crippen molar-refractivity contribution in [2.45, 2.75) is 6.92 Å². The molecule has 2 aromatic rings. The van der Waals surface area contributed by atoms with Crippen molar-refractivity contribution in [3.63, 3.8) is 0 Å². The fraction of sp³-hybridized carbons (Fsp3) is 0.150. The minimum atomic E-state index is -0.416. The molecule has 0 unspecified atom stereocenters. The largest absolute Gasteiger partial charge is 0.504 e. The third-order valence-corrected chi connectivity index (χ3v) is 5.23. The van der Waals surface area contributed by atoms with Crippen LogP contribution in [-0.4, -0.2) is 35.0 Å². The molecule has 0 saturated carbocycles. The SMILES string of the molecule is CCOC(=O)c1ccc(N2C(=O)/C(=C\c3ccc(O)c(OC)c3)SC2=S)cc1. The molecule has 1 aliphatic heterocycles. The van der Waals surface area contributed by atoms with Gasteiger partial charge in [-0.05, 0) is 55.0 Å². The Bertz CT molecular complexity index is 969. The van der Waals surface area contributed by atoms with E-state index in [1.807, 2.05) is 0 Å². The zero-order valence-corrected chi connectivity index (χ0v) is 16.8. The van der Waals surface area contributed by atoms with Crippen molar-refractivity contribution in [1.82, 2.24) is 0 Å². The van der Waals surface area contributed by atoms with Gasteiger partial charge in [-0.2, -0.15) is 0 Å². The molecule has 144 valence electrons. The lowest BCUT2D eigenvalue weighted by atomic mass is 10.1. The Labute approximate surface area is 171 Å². The molecule has 0 bridgehead atoms. The summed E-state index contributed by atoms with van der Waals surface area (Å²) in [5.41, 5.74) is 1.68. The van der Waals surface area contributed by atoms with Gasteiger partial charge in [0.2, 0.25) is 0 Å². The Hall–Kier alpha value is -2.84. The second-order valence-electron chi connectivity index (χ2n) is 5.72. The molecule has 1 fully saturated rings. The molecular weight excluding hydrogens is 398 g/mol. The van der Waals surface area contributed by atoms with E-state index in [4.69, 9.17) is 21.7 Å². The first kappa shape index (κ1) is 19.9. The number of benzene rings is 2. The number of ether oxygens (including phenoxy) is 2. The number of hydrogen-bond acceptors (Lipinski definition) is 7. The van der Waals surface area contributed by atoms with Crippen molar-refractivity contribution in [2.24, 2.45) is 0 Å². The zero-order chi connectivity index (χ0) is 20.3. The molecule has 28 heavy (non-hydrogen) atoms. The summed E-state index contributed by atoms with van der Waals surface area (Å²) in [6.07, 6.45) is 1.69. The lowest BCUT2D eigenvalue weighted by molar-refractivity contribution is -0.113. The molecule has 1 N–H and O–H groups in total. The minimum Gasteiger partial charge on any atom is -0.504 e. The molecule has 1 aliphatic rings. The molecular formula is C20H17NO5S2. The number of thioether (sulfide) groups is 1. The highest BCUT2D eigenvalue weighted by atomic mass is 32.2. The number of carbonyl (C=O) groups is 2. The van der Waals surface area contributed by atoms with Crippen LogP contribution in [0.5, 0.6) is 11.5 Å². The van der Waals surface area contributed by atoms with Gasteiger partial charge in [0.25, 0.3) is 5.91 Å². The van der Waals surface area contributed by atoms with E-state index in [1.165, 1.54) is 29.8 Å². The average molecular weight is 415 g/mol. The van der Waals surface area contributed by atoms with Crippen molar-refractivity contribution >= 4 is 51.9 Å². The van der Waals surface area contributed by atoms with Gasteiger partial charge in [-0.3, -0.25) is 9.69 Å². The molecule has 1 heterocycles. The highest BCUT2D eigenvalue weighted by Gasteiger charge is 2.33. The summed E-state index contributed by atoms with van der Waals surface area (Å²) in [6, 6.07) is 11.3. The molecule has 0 atom stereocenters. The van der Waals surface area contributed by atoms with Gasteiger partial charge in [0, 0.05) is 0 Å². The number of aromatic hydroxyl groups is 1. The van der Waals surface area contributed by atoms with Gasteiger partial charge in [0.1, 0.15) is 0 Å². The van der Waals surface area contributed by atoms with Gasteiger partial charge in [0.05, 0.1) is 29.9 Å². The third kappa shape index (κ3) is 4.02. The molecule has 0 radical (unpaired) electrons. The molecule has 8 heteroatoms. The number of carbonyl (C=O) groups excluding carboxylic acids is 2. The number of rotatable bonds is 5. The molecule has 0 aromatic heterocycles. The van der Waals surface area contributed by atoms with E-state index < -0.39 is 5.97 Å². The van der Waals surface area contributed by atoms with Crippen LogP contribution in [-0.2, 0) is 9.53 Å². The Balaban J connectivity index is 1.84. The first-order valence-electron chi connectivity index (χ1n) is 8.36. The maximum absolute atomic E-state index is 12.8. The number of methoxy groups -OCH3 is 1. The maximum Gasteiger partial charge on any atom is 0.338 e. The zero-order valence-electron chi connectivity index (χ0n) is 15.2. The number of anilines is 1. The normalized spacial score (nSPS) is 15.2. The van der Waals surface area contributed by atoms with E-state index in [9.17, 15) is 14.7 Å². The smallest absolute Gasteiger partial charge is 0.338 e. The number of amides is 1. The van der Waals surface area contributed by atoms with Crippen molar-refractivity contribution < 1.29 is 24.2 Å². The Morgan fingerprint density at radius 3 is 2.61 bits per heavy atom. The lowest BCUT2D eigenvalue weighted by Crippen LogP contribution is -2.27. The summed E-state index contributed by atoms with van der Waals surface area (Å²) in [6.45, 7) is 2.03. The lowest BCUT2D eigenvalue weighted by Gasteiger charge is -2.14. The van der Waals surface area contributed by atoms with E-state index in [-0.39, 0.29) is 11.7 Å². The number of thiocarbonyl (C=S) groups is 1. The predicted molar refractivity (Wildman–Crippen MR) is 113 cm³/mol. The fourth-order valence-electron chi connectivity index (χ4n) is 2.59. The van der Waals surface area contributed by atoms with Crippen LogP contribution in [0.1, 0.15) is 22.8 Å². The number of nitrogens with zero attached hydrogens (tertiary/aromatic N) is 1. The van der Waals surface area contributed by atoms with Gasteiger partial charge in [-0.25, -0.2) is 4.79 Å². The van der Waals surface area contributed by atoms with Crippen molar-refractivity contribution in [3.8, 4) is 11.5 Å². The standard InChI is InChI=1S/C20H17NO5S2/c1-3-26-19(24)13-5-7-14(8-6-13)21-18(23)17(28-20(21)27)11-12-4-9-15(22)16(10-12)25-2/h4-11,22H,3H2,1-2H3/b17-11+. The van der Waals surface area contributed by atoms with E-state index >= 15 is 0 Å². The number of phenolic OH excluding ortho intramolecular Hbond substituents is 1. The van der Waals surface area contributed by atoms with E-state index in [2.05, 4.69) is 0 Å². The molecule has 6 nitrogen and oxygen atoms in total. The van der Waals surface area contributed by atoms with E-state index in [1.54, 1.807) is 49.4 Å². The van der Waals surface area contributed by atoms with Gasteiger partial charge in [0.15, 0.2) is 15.8 Å². The van der Waals surface area contributed by atoms with Crippen LogP contribution in [0.4, 0.5) is 5.69 Å². The quantitative estimate of drug-likeness (QED) is 0.450. The third-order valence-electron chi connectivity index (χ3n) is 3.93. The summed E-state index contributed by atoms with van der Waals surface area (Å²) in [5.74, 6) is -0.334. The predicted octanol–water partition coefficient (Wildman–Crippen LogP) is 3.98. The van der Waals surface area contributed by atoms with Crippen LogP contribution >= 0.6 is 24.0 Å². The van der Waals surface area contributed by atoms with Crippen molar-refractivity contribution in [1.29, 1.82) is 0 Å². The number of phenols is 1. The van der Waals surface area contributed by atoms with Crippen LogP contribution in [0.25, 0.3) is 6.08 Å². The van der Waals surface area contributed by atoms with Crippen molar-refractivity contribution in [2.75, 3.05) is 18.6 Å². The summed E-state index contributed by atoms with van der Waals surface area (Å²) in [7, 11) is 1.46. The highest BCUT2D eigenvalue weighted by molar-refractivity contribution is 8.27. The topological polar surface area (TPSA) is 76.1 Å². The summed E-state index contributed by atoms with van der Waals surface area (Å²) in [5, 5.41) is 9.70. The second kappa shape index (κ2) is 8.45. The van der Waals surface area contributed by atoms with Gasteiger partial charge in [-0.15, -0.1) is 0 Å². The summed E-state index contributed by atoms with van der Waals surface area (Å²) >= 11 is 6.54. The van der Waals surface area contributed by atoms with Gasteiger partial charge >= 0.3 is 5.97 Å². The monoisotopic (exact) mass is 415 g/mol. The summed E-state index contributed by atoms with van der Waals surface area (Å²) < 4.78 is 10.4. The molecule has 1 amide bonds. The fourth-order valence-corrected chi connectivity index (χ4v) is 3.89. The molecule has 0 aliphatic carbocycles. The maximum atomic E-state index is 12.8. The number of hydrogen-bond donors (Lipinski definition) is 1. The summed E-state index contributed by atoms with van der Waals surface area (Å²) in [4.78, 5) is 26.5. The van der Waals surface area contributed by atoms with Gasteiger partial charge < -0.3 is 14.6 Å². The molecule has 0 spiro atoms. The second-order valence-corrected chi connectivity index (χ2v) is 7.39. The Morgan fingerprint density at radius 2 is 1.96 bits per heavy atom. The Morgan fingerprint density at radius 1 is 1.25 bits per heavy atom. The minimum absolute atomic E-state index is 0.0221. The molecule has 3 rings (SSSR count). The van der Waals surface area contributed by atoms with Crippen LogP contribution in [0.15, 0.2) is 47.4 Å². The van der Waals surface area contributed by atoms with Gasteiger partial charge in [-0.1, -0.05) is 30.0 Å². The average Bonchev–Trinajstić information content (AvgIpc) is 2.96. The highest BCUT2D eigenvalue weighted by Crippen LogP contribution is 2.37. The van der Waals surface area contributed by atoms with Crippen molar-refractivity contribution in [3.05, 3.63) is 58.5 Å². The first-order valence-corrected chi connectivity index (χ1v) is 9.59. The first-order chi connectivity index (χ1) is 13.4. The Kier molecular flexibility index (Phi) is 6.01. The van der Waals surface area contributed by atoms with E-state index in [0.29, 0.717) is 38.4 Å².